The molecule has 6 heteroatoms. The highest BCUT2D eigenvalue weighted by Gasteiger charge is 2.21. The number of aromatic hydroxyl groups is 3. The minimum atomic E-state index is -0.847. The van der Waals surface area contributed by atoms with Crippen LogP contribution in [0.15, 0.2) is 45.6 Å². The Morgan fingerprint density at radius 3 is 2.29 bits per heavy atom. The first-order valence-corrected chi connectivity index (χ1v) is 6.06. The van der Waals surface area contributed by atoms with E-state index in [0.29, 0.717) is 5.56 Å². The van der Waals surface area contributed by atoms with Gasteiger partial charge in [0.1, 0.15) is 16.8 Å². The maximum atomic E-state index is 12.1. The van der Waals surface area contributed by atoms with Gasteiger partial charge in [0.15, 0.2) is 22.5 Å². The van der Waals surface area contributed by atoms with E-state index in [2.05, 4.69) is 0 Å². The molecule has 0 aliphatic carbocycles. The number of fused-ring (bicyclic) bond motifs is 1. The van der Waals surface area contributed by atoms with Crippen molar-refractivity contribution in [1.82, 2.24) is 0 Å². The zero-order valence-corrected chi connectivity index (χ0v) is 10.7. The molecule has 0 fully saturated rings. The lowest BCUT2D eigenvalue weighted by atomic mass is 10.1. The highest BCUT2D eigenvalue weighted by Crippen LogP contribution is 2.45. The molecule has 1 aromatic heterocycles. The minimum absolute atomic E-state index is 0.172. The summed E-state index contributed by atoms with van der Waals surface area (Å²) in [4.78, 5) is 12.1. The molecular formula is C15H11NO5. The maximum absolute atomic E-state index is 12.1. The minimum Gasteiger partial charge on any atom is -0.504 e. The van der Waals surface area contributed by atoms with Crippen LogP contribution < -0.4 is 11.2 Å². The van der Waals surface area contributed by atoms with Gasteiger partial charge in [0, 0.05) is 11.6 Å². The first-order chi connectivity index (χ1) is 10.0. The third kappa shape index (κ3) is 1.85. The Bertz CT molecular complexity index is 900. The highest BCUT2D eigenvalue weighted by molar-refractivity contribution is 5.98. The number of phenols is 3. The highest BCUT2D eigenvalue weighted by atomic mass is 16.3. The van der Waals surface area contributed by atoms with Crippen molar-refractivity contribution in [2.24, 2.45) is 0 Å². The fourth-order valence-electron chi connectivity index (χ4n) is 2.12. The number of rotatable bonds is 1. The van der Waals surface area contributed by atoms with E-state index in [0.717, 1.165) is 0 Å². The van der Waals surface area contributed by atoms with Crippen LogP contribution in [-0.4, -0.2) is 15.3 Å². The van der Waals surface area contributed by atoms with Crippen LogP contribution in [0, 0.1) is 0 Å². The number of benzene rings is 2. The predicted octanol–water partition coefficient (Wildman–Crippen LogP) is 2.16. The van der Waals surface area contributed by atoms with Gasteiger partial charge in [-0.05, 0) is 0 Å². The monoisotopic (exact) mass is 285 g/mol. The second kappa shape index (κ2) is 4.45. The van der Waals surface area contributed by atoms with Gasteiger partial charge in [-0.25, -0.2) is 0 Å². The number of phenolic OH excluding ortho intramolecular Hbond substituents is 3. The van der Waals surface area contributed by atoms with Crippen LogP contribution >= 0.6 is 0 Å². The van der Waals surface area contributed by atoms with E-state index in [1.165, 1.54) is 6.07 Å². The van der Waals surface area contributed by atoms with Gasteiger partial charge in [0.05, 0.1) is 0 Å². The third-order valence-corrected chi connectivity index (χ3v) is 3.19. The largest absolute Gasteiger partial charge is 0.504 e. The molecule has 0 aliphatic heterocycles. The van der Waals surface area contributed by atoms with E-state index >= 15 is 0 Å². The molecule has 2 aromatic carbocycles. The standard InChI is InChI=1S/C15H11NO5/c16-11-13(19)14(20)12(18)10-8(17)6-9(21-15(10)11)7-4-2-1-3-5-7/h1-6,18-20H,16H2. The van der Waals surface area contributed by atoms with Crippen molar-refractivity contribution in [2.45, 2.75) is 0 Å². The van der Waals surface area contributed by atoms with Crippen molar-refractivity contribution in [2.75, 3.05) is 5.73 Å². The molecule has 0 amide bonds. The predicted molar refractivity (Wildman–Crippen MR) is 77.3 cm³/mol. The average Bonchev–Trinajstić information content (AvgIpc) is 2.51. The molecule has 21 heavy (non-hydrogen) atoms. The first-order valence-electron chi connectivity index (χ1n) is 6.06. The smallest absolute Gasteiger partial charge is 0.203 e. The van der Waals surface area contributed by atoms with Gasteiger partial charge < -0.3 is 25.5 Å². The Morgan fingerprint density at radius 1 is 0.952 bits per heavy atom. The summed E-state index contributed by atoms with van der Waals surface area (Å²) in [5, 5.41) is 28.7. The lowest BCUT2D eigenvalue weighted by Gasteiger charge is -2.09. The normalized spacial score (nSPS) is 10.9. The van der Waals surface area contributed by atoms with Crippen molar-refractivity contribution in [3.05, 3.63) is 46.6 Å². The van der Waals surface area contributed by atoms with E-state index in [1.54, 1.807) is 24.3 Å². The Kier molecular flexibility index (Phi) is 2.72. The summed E-state index contributed by atoms with van der Waals surface area (Å²) in [6.45, 7) is 0. The average molecular weight is 285 g/mol. The fraction of sp³-hybridized carbons (Fsp3) is 0. The van der Waals surface area contributed by atoms with E-state index in [1.807, 2.05) is 6.07 Å². The molecule has 5 N–H and O–H groups in total. The zero-order chi connectivity index (χ0) is 15.1. The van der Waals surface area contributed by atoms with Crippen LogP contribution in [0.3, 0.4) is 0 Å². The van der Waals surface area contributed by atoms with E-state index in [4.69, 9.17) is 10.2 Å². The van der Waals surface area contributed by atoms with Crippen LogP contribution in [0.5, 0.6) is 17.2 Å². The van der Waals surface area contributed by atoms with E-state index in [9.17, 15) is 20.1 Å². The third-order valence-electron chi connectivity index (χ3n) is 3.19. The van der Waals surface area contributed by atoms with Crippen LogP contribution in [0.25, 0.3) is 22.3 Å². The molecule has 0 bridgehead atoms. The second-order valence-corrected chi connectivity index (χ2v) is 4.50. The van der Waals surface area contributed by atoms with Crippen LogP contribution in [0.2, 0.25) is 0 Å². The summed E-state index contributed by atoms with van der Waals surface area (Å²) in [7, 11) is 0. The molecule has 6 nitrogen and oxygen atoms in total. The quantitative estimate of drug-likeness (QED) is 0.309. The van der Waals surface area contributed by atoms with Crippen molar-refractivity contribution in [3.63, 3.8) is 0 Å². The van der Waals surface area contributed by atoms with Crippen molar-refractivity contribution < 1.29 is 19.7 Å². The summed E-state index contributed by atoms with van der Waals surface area (Å²) in [6.07, 6.45) is 0. The SMILES string of the molecule is Nc1c(O)c(O)c(O)c2c(=O)cc(-c3ccccc3)oc12. The molecule has 0 spiro atoms. The van der Waals surface area contributed by atoms with Crippen molar-refractivity contribution >= 4 is 16.7 Å². The molecule has 3 rings (SSSR count). The molecule has 106 valence electrons. The summed E-state index contributed by atoms with van der Waals surface area (Å²) in [5.41, 5.74) is 5.24. The molecule has 0 radical (unpaired) electrons. The summed E-state index contributed by atoms with van der Waals surface area (Å²) in [5.74, 6) is -2.09. The molecular weight excluding hydrogens is 274 g/mol. The van der Waals surface area contributed by atoms with Gasteiger partial charge in [-0.1, -0.05) is 30.3 Å². The van der Waals surface area contributed by atoms with Gasteiger partial charge in [-0.15, -0.1) is 0 Å². The molecule has 0 saturated carbocycles. The van der Waals surface area contributed by atoms with Gasteiger partial charge in [-0.3, -0.25) is 4.79 Å². The first kappa shape index (κ1) is 12.9. The van der Waals surface area contributed by atoms with Crippen LogP contribution in [0.4, 0.5) is 5.69 Å². The topological polar surface area (TPSA) is 117 Å². The maximum Gasteiger partial charge on any atom is 0.203 e. The Labute approximate surface area is 118 Å². The number of nitrogens with two attached hydrogens (primary N) is 1. The van der Waals surface area contributed by atoms with E-state index in [-0.39, 0.29) is 22.4 Å². The Hall–Kier alpha value is -3.15. The summed E-state index contributed by atoms with van der Waals surface area (Å²) in [6, 6.07) is 10.0. The number of hydrogen-bond acceptors (Lipinski definition) is 6. The Morgan fingerprint density at radius 2 is 1.62 bits per heavy atom. The number of anilines is 1. The molecule has 0 aliphatic rings. The fourth-order valence-corrected chi connectivity index (χ4v) is 2.12. The zero-order valence-electron chi connectivity index (χ0n) is 10.7. The van der Waals surface area contributed by atoms with Crippen LogP contribution in [0.1, 0.15) is 0 Å². The number of hydrogen-bond donors (Lipinski definition) is 4. The van der Waals surface area contributed by atoms with Crippen molar-refractivity contribution in [1.29, 1.82) is 0 Å². The summed E-state index contributed by atoms with van der Waals surface area (Å²) < 4.78 is 5.52. The lowest BCUT2D eigenvalue weighted by molar-refractivity contribution is 0.371. The molecule has 0 unspecified atom stereocenters. The lowest BCUT2D eigenvalue weighted by Crippen LogP contribution is -2.03. The van der Waals surface area contributed by atoms with Crippen molar-refractivity contribution in [3.8, 4) is 28.6 Å². The molecule has 1 heterocycles. The molecule has 0 atom stereocenters. The van der Waals surface area contributed by atoms with E-state index < -0.39 is 22.7 Å². The Balaban J connectivity index is 2.43. The van der Waals surface area contributed by atoms with Gasteiger partial charge in [-0.2, -0.15) is 0 Å². The number of nitrogen functional groups attached to an aromatic ring is 1. The molecule has 0 saturated heterocycles. The van der Waals surface area contributed by atoms with Gasteiger partial charge in [0.25, 0.3) is 0 Å². The van der Waals surface area contributed by atoms with Gasteiger partial charge >= 0.3 is 0 Å². The van der Waals surface area contributed by atoms with Crippen LogP contribution in [-0.2, 0) is 0 Å². The second-order valence-electron chi connectivity index (χ2n) is 4.50. The van der Waals surface area contributed by atoms with Gasteiger partial charge in [0.2, 0.25) is 5.75 Å². The summed E-state index contributed by atoms with van der Waals surface area (Å²) >= 11 is 0. The molecule has 3 aromatic rings.